The summed E-state index contributed by atoms with van der Waals surface area (Å²) in [5.74, 6) is 0.967. The highest BCUT2D eigenvalue weighted by Crippen LogP contribution is 2.27. The molecular formula is C14H28N2. The first-order valence-corrected chi connectivity index (χ1v) is 7.25. The van der Waals surface area contributed by atoms with Crippen LogP contribution < -0.4 is 5.73 Å². The molecule has 2 nitrogen and oxygen atoms in total. The van der Waals surface area contributed by atoms with E-state index in [1.54, 1.807) is 0 Å². The SMILES string of the molecule is CC1CCCCN1CCC1CCC(N)CC1. The topological polar surface area (TPSA) is 29.3 Å². The number of rotatable bonds is 3. The van der Waals surface area contributed by atoms with Crippen molar-refractivity contribution < 1.29 is 0 Å². The zero-order chi connectivity index (χ0) is 11.4. The fourth-order valence-electron chi connectivity index (χ4n) is 3.32. The lowest BCUT2D eigenvalue weighted by atomic mass is 9.84. The van der Waals surface area contributed by atoms with E-state index < -0.39 is 0 Å². The van der Waals surface area contributed by atoms with Crippen LogP contribution in [0.15, 0.2) is 0 Å². The summed E-state index contributed by atoms with van der Waals surface area (Å²) in [5, 5.41) is 0. The maximum atomic E-state index is 5.95. The van der Waals surface area contributed by atoms with Crippen LogP contribution in [0.25, 0.3) is 0 Å². The van der Waals surface area contributed by atoms with Gasteiger partial charge in [-0.3, -0.25) is 0 Å². The van der Waals surface area contributed by atoms with Crippen molar-refractivity contribution in [1.29, 1.82) is 0 Å². The average Bonchev–Trinajstić information content (AvgIpc) is 2.30. The molecule has 0 bridgehead atoms. The lowest BCUT2D eigenvalue weighted by Gasteiger charge is -2.35. The molecule has 1 aliphatic carbocycles. The first-order chi connectivity index (χ1) is 7.75. The van der Waals surface area contributed by atoms with Gasteiger partial charge < -0.3 is 10.6 Å². The number of hydrogen-bond donors (Lipinski definition) is 1. The fourth-order valence-corrected chi connectivity index (χ4v) is 3.32. The van der Waals surface area contributed by atoms with E-state index in [-0.39, 0.29) is 0 Å². The molecule has 0 aromatic heterocycles. The molecule has 0 aromatic carbocycles. The van der Waals surface area contributed by atoms with Gasteiger partial charge in [-0.1, -0.05) is 6.42 Å². The van der Waals surface area contributed by atoms with Gasteiger partial charge in [0.05, 0.1) is 0 Å². The summed E-state index contributed by atoms with van der Waals surface area (Å²) >= 11 is 0. The molecule has 2 aliphatic rings. The summed E-state index contributed by atoms with van der Waals surface area (Å²) in [6.45, 7) is 5.07. The molecule has 0 amide bonds. The molecule has 0 aromatic rings. The maximum absolute atomic E-state index is 5.95. The Labute approximate surface area is 101 Å². The predicted octanol–water partition coefficient (Wildman–Crippen LogP) is 2.77. The van der Waals surface area contributed by atoms with E-state index in [2.05, 4.69) is 11.8 Å². The quantitative estimate of drug-likeness (QED) is 0.798. The van der Waals surface area contributed by atoms with E-state index in [1.807, 2.05) is 0 Å². The normalized spacial score (nSPS) is 37.5. The van der Waals surface area contributed by atoms with E-state index in [9.17, 15) is 0 Å². The summed E-state index contributed by atoms with van der Waals surface area (Å²) in [5.41, 5.74) is 5.95. The van der Waals surface area contributed by atoms with Crippen LogP contribution in [-0.4, -0.2) is 30.1 Å². The van der Waals surface area contributed by atoms with Crippen LogP contribution in [0, 0.1) is 5.92 Å². The highest BCUT2D eigenvalue weighted by molar-refractivity contribution is 4.78. The summed E-state index contributed by atoms with van der Waals surface area (Å²) in [6.07, 6.45) is 11.0. The molecule has 1 heterocycles. The van der Waals surface area contributed by atoms with Gasteiger partial charge in [0.1, 0.15) is 0 Å². The molecule has 94 valence electrons. The molecule has 16 heavy (non-hydrogen) atoms. The zero-order valence-corrected chi connectivity index (χ0v) is 10.8. The maximum Gasteiger partial charge on any atom is 0.00669 e. The first kappa shape index (κ1) is 12.4. The molecule has 1 saturated carbocycles. The Morgan fingerprint density at radius 3 is 2.50 bits per heavy atom. The number of piperidine rings is 1. The lowest BCUT2D eigenvalue weighted by Crippen LogP contribution is -2.39. The highest BCUT2D eigenvalue weighted by atomic mass is 15.2. The molecule has 1 saturated heterocycles. The largest absolute Gasteiger partial charge is 0.328 e. The Kier molecular flexibility index (Phi) is 4.66. The van der Waals surface area contributed by atoms with Gasteiger partial charge in [0.25, 0.3) is 0 Å². The van der Waals surface area contributed by atoms with Crippen molar-refractivity contribution >= 4 is 0 Å². The molecule has 2 N–H and O–H groups in total. The van der Waals surface area contributed by atoms with Crippen molar-refractivity contribution in [3.8, 4) is 0 Å². The van der Waals surface area contributed by atoms with Gasteiger partial charge in [0, 0.05) is 12.1 Å². The molecule has 0 spiro atoms. The summed E-state index contributed by atoms with van der Waals surface area (Å²) in [7, 11) is 0. The van der Waals surface area contributed by atoms with Crippen LogP contribution >= 0.6 is 0 Å². The second-order valence-corrected chi connectivity index (χ2v) is 5.95. The molecule has 0 radical (unpaired) electrons. The van der Waals surface area contributed by atoms with Crippen molar-refractivity contribution in [2.45, 2.75) is 70.4 Å². The number of likely N-dealkylation sites (tertiary alicyclic amines) is 1. The minimum atomic E-state index is 0.505. The minimum absolute atomic E-state index is 0.505. The van der Waals surface area contributed by atoms with E-state index in [0.717, 1.165) is 12.0 Å². The second kappa shape index (κ2) is 6.02. The van der Waals surface area contributed by atoms with Gasteiger partial charge >= 0.3 is 0 Å². The van der Waals surface area contributed by atoms with E-state index in [0.29, 0.717) is 6.04 Å². The predicted molar refractivity (Wildman–Crippen MR) is 69.4 cm³/mol. The average molecular weight is 224 g/mol. The molecule has 1 unspecified atom stereocenters. The minimum Gasteiger partial charge on any atom is -0.328 e. The monoisotopic (exact) mass is 224 g/mol. The van der Waals surface area contributed by atoms with Crippen molar-refractivity contribution in [1.82, 2.24) is 4.90 Å². The number of nitrogens with zero attached hydrogens (tertiary/aromatic N) is 1. The molecule has 2 rings (SSSR count). The summed E-state index contributed by atoms with van der Waals surface area (Å²) in [6, 6.07) is 1.34. The zero-order valence-electron chi connectivity index (χ0n) is 10.8. The Balaban J connectivity index is 1.66. The van der Waals surface area contributed by atoms with E-state index in [1.165, 1.54) is 64.5 Å². The summed E-state index contributed by atoms with van der Waals surface area (Å²) < 4.78 is 0. The number of hydrogen-bond acceptors (Lipinski definition) is 2. The fraction of sp³-hybridized carbons (Fsp3) is 1.00. The number of nitrogens with two attached hydrogens (primary N) is 1. The molecule has 1 atom stereocenters. The van der Waals surface area contributed by atoms with Gasteiger partial charge in [0.2, 0.25) is 0 Å². The van der Waals surface area contributed by atoms with Crippen LogP contribution in [0.4, 0.5) is 0 Å². The van der Waals surface area contributed by atoms with Crippen LogP contribution in [0.1, 0.15) is 58.3 Å². The van der Waals surface area contributed by atoms with Gasteiger partial charge in [0.15, 0.2) is 0 Å². The molecule has 2 fully saturated rings. The molecule has 1 aliphatic heterocycles. The highest BCUT2D eigenvalue weighted by Gasteiger charge is 2.22. The third-order valence-electron chi connectivity index (χ3n) is 4.66. The van der Waals surface area contributed by atoms with Gasteiger partial charge in [-0.05, 0) is 70.9 Å². The van der Waals surface area contributed by atoms with Crippen LogP contribution in [0.5, 0.6) is 0 Å². The second-order valence-electron chi connectivity index (χ2n) is 5.95. The van der Waals surface area contributed by atoms with E-state index >= 15 is 0 Å². The molecule has 2 heteroatoms. The van der Waals surface area contributed by atoms with E-state index in [4.69, 9.17) is 5.73 Å². The van der Waals surface area contributed by atoms with Crippen LogP contribution in [-0.2, 0) is 0 Å². The Bertz CT molecular complexity index is 197. The third kappa shape index (κ3) is 3.46. The summed E-state index contributed by atoms with van der Waals surface area (Å²) in [4.78, 5) is 2.71. The van der Waals surface area contributed by atoms with Crippen molar-refractivity contribution in [3.63, 3.8) is 0 Å². The van der Waals surface area contributed by atoms with Crippen molar-refractivity contribution in [3.05, 3.63) is 0 Å². The van der Waals surface area contributed by atoms with Crippen LogP contribution in [0.3, 0.4) is 0 Å². The third-order valence-corrected chi connectivity index (χ3v) is 4.66. The van der Waals surface area contributed by atoms with Crippen LogP contribution in [0.2, 0.25) is 0 Å². The Hall–Kier alpha value is -0.0800. The van der Waals surface area contributed by atoms with Crippen molar-refractivity contribution in [2.24, 2.45) is 11.7 Å². The smallest absolute Gasteiger partial charge is 0.00669 e. The Morgan fingerprint density at radius 2 is 1.81 bits per heavy atom. The van der Waals surface area contributed by atoms with Gasteiger partial charge in [-0.15, -0.1) is 0 Å². The van der Waals surface area contributed by atoms with Crippen molar-refractivity contribution in [2.75, 3.05) is 13.1 Å². The van der Waals surface area contributed by atoms with Gasteiger partial charge in [-0.25, -0.2) is 0 Å². The van der Waals surface area contributed by atoms with Gasteiger partial charge in [-0.2, -0.15) is 0 Å². The first-order valence-electron chi connectivity index (χ1n) is 7.25. The molecular weight excluding hydrogens is 196 g/mol. The standard InChI is InChI=1S/C14H28N2/c1-12-4-2-3-10-16(12)11-9-13-5-7-14(15)8-6-13/h12-14H,2-11,15H2,1H3. The lowest BCUT2D eigenvalue weighted by molar-refractivity contribution is 0.143. The Morgan fingerprint density at radius 1 is 1.06 bits per heavy atom.